The maximum absolute atomic E-state index is 12.5. The zero-order valence-electron chi connectivity index (χ0n) is 18.9. The molecule has 2 saturated carbocycles. The first-order valence-corrected chi connectivity index (χ1v) is 10.3. The van der Waals surface area contributed by atoms with E-state index in [1.54, 1.807) is 0 Å². The van der Waals surface area contributed by atoms with Crippen LogP contribution in [0.25, 0.3) is 0 Å². The van der Waals surface area contributed by atoms with E-state index in [4.69, 9.17) is 18.9 Å². The molecule has 12 heteroatoms. The zero-order valence-corrected chi connectivity index (χ0v) is 18.9. The van der Waals surface area contributed by atoms with E-state index in [0.717, 1.165) is 14.2 Å². The van der Waals surface area contributed by atoms with Gasteiger partial charge in [0.2, 0.25) is 11.2 Å². The third-order valence-electron chi connectivity index (χ3n) is 5.94. The molecule has 6 unspecified atom stereocenters. The molecule has 0 aromatic heterocycles. The number of hydrogen-bond donors (Lipinski definition) is 0. The third kappa shape index (κ3) is 6.14. The molecular formula is C21H28O12. The summed E-state index contributed by atoms with van der Waals surface area (Å²) in [4.78, 5) is 70.3. The summed E-state index contributed by atoms with van der Waals surface area (Å²) in [6.45, 7) is 1.20. The second-order valence-corrected chi connectivity index (χ2v) is 8.29. The topological polar surface area (TPSA) is 158 Å². The van der Waals surface area contributed by atoms with Crippen LogP contribution in [0.4, 0.5) is 0 Å². The summed E-state index contributed by atoms with van der Waals surface area (Å²) in [5.74, 6) is -3.63. The predicted molar refractivity (Wildman–Crippen MR) is 105 cm³/mol. The summed E-state index contributed by atoms with van der Waals surface area (Å²) in [5, 5.41) is 0. The number of carbonyl (C=O) groups is 6. The van der Waals surface area contributed by atoms with Crippen LogP contribution < -0.4 is 0 Å². The van der Waals surface area contributed by atoms with E-state index in [9.17, 15) is 28.8 Å². The lowest BCUT2D eigenvalue weighted by Gasteiger charge is -2.31. The molecule has 0 radical (unpaired) electrons. The molecule has 2 fully saturated rings. The Balaban J connectivity index is 1.91. The van der Waals surface area contributed by atoms with Gasteiger partial charge in [0.1, 0.15) is 25.4 Å². The second-order valence-electron chi connectivity index (χ2n) is 8.29. The summed E-state index contributed by atoms with van der Waals surface area (Å²) >= 11 is 0. The van der Waals surface area contributed by atoms with Gasteiger partial charge in [-0.15, -0.1) is 0 Å². The van der Waals surface area contributed by atoms with E-state index in [0.29, 0.717) is 19.3 Å². The molecule has 0 spiro atoms. The molecule has 0 amide bonds. The van der Waals surface area contributed by atoms with Crippen LogP contribution in [0.1, 0.15) is 33.1 Å². The van der Waals surface area contributed by atoms with Crippen molar-refractivity contribution >= 4 is 36.4 Å². The molecule has 0 saturated heterocycles. The molecule has 2 bridgehead atoms. The minimum atomic E-state index is -1.97. The van der Waals surface area contributed by atoms with Crippen LogP contribution >= 0.6 is 0 Å². The Bertz CT molecular complexity index is 730. The molecule has 2 aliphatic rings. The van der Waals surface area contributed by atoms with E-state index in [2.05, 4.69) is 9.47 Å². The Morgan fingerprint density at radius 3 is 1.36 bits per heavy atom. The van der Waals surface area contributed by atoms with Crippen molar-refractivity contribution in [2.24, 2.45) is 11.8 Å². The van der Waals surface area contributed by atoms with Crippen molar-refractivity contribution in [1.29, 1.82) is 0 Å². The van der Waals surface area contributed by atoms with Gasteiger partial charge < -0.3 is 28.4 Å². The molecule has 33 heavy (non-hydrogen) atoms. The number of fused-ring (bicyclic) bond motifs is 2. The molecule has 0 aromatic rings. The SMILES string of the molecule is COC(=O)COC(C)(C=O)C(=O)OC1CC2CC1CC2OC(=O)C(C)(C=O)OCC(=O)OC. The monoisotopic (exact) mass is 472 g/mol. The van der Waals surface area contributed by atoms with Crippen molar-refractivity contribution in [2.75, 3.05) is 27.4 Å². The summed E-state index contributed by atoms with van der Waals surface area (Å²) in [6.07, 6.45) is 0.827. The van der Waals surface area contributed by atoms with Crippen molar-refractivity contribution in [2.45, 2.75) is 56.5 Å². The third-order valence-corrected chi connectivity index (χ3v) is 5.94. The number of carbonyl (C=O) groups excluding carboxylic acids is 6. The smallest absolute Gasteiger partial charge is 0.345 e. The molecule has 0 N–H and O–H groups in total. The van der Waals surface area contributed by atoms with E-state index in [-0.39, 0.29) is 24.4 Å². The number of rotatable bonds is 12. The highest BCUT2D eigenvalue weighted by Crippen LogP contribution is 2.48. The van der Waals surface area contributed by atoms with Gasteiger partial charge in [-0.25, -0.2) is 19.2 Å². The molecule has 0 heterocycles. The first kappa shape index (κ1) is 26.4. The van der Waals surface area contributed by atoms with E-state index >= 15 is 0 Å². The maximum Gasteiger partial charge on any atom is 0.345 e. The van der Waals surface area contributed by atoms with E-state index in [1.807, 2.05) is 0 Å². The minimum absolute atomic E-state index is 0.133. The highest BCUT2D eigenvalue weighted by atomic mass is 16.6. The van der Waals surface area contributed by atoms with Crippen molar-refractivity contribution < 1.29 is 57.2 Å². The number of esters is 4. The summed E-state index contributed by atoms with van der Waals surface area (Å²) in [5.41, 5.74) is -3.94. The summed E-state index contributed by atoms with van der Waals surface area (Å²) in [6, 6.07) is 0. The summed E-state index contributed by atoms with van der Waals surface area (Å²) in [7, 11) is 2.29. The standard InChI is InChI=1S/C21H28O12/c1-20(10-22,30-8-16(24)28-3)18(26)32-14-6-13-5-12(14)7-15(13)33-19(27)21(2,11-23)31-9-17(25)29-4/h10-15H,5-9H2,1-4H3. The average Bonchev–Trinajstić information content (AvgIpc) is 3.40. The number of ether oxygens (including phenoxy) is 6. The molecule has 184 valence electrons. The highest BCUT2D eigenvalue weighted by molar-refractivity contribution is 5.97. The molecule has 6 atom stereocenters. The van der Waals surface area contributed by atoms with Crippen LogP contribution in [0.3, 0.4) is 0 Å². The van der Waals surface area contributed by atoms with Gasteiger partial charge >= 0.3 is 23.9 Å². The number of hydrogen-bond acceptors (Lipinski definition) is 12. The van der Waals surface area contributed by atoms with Gasteiger partial charge in [-0.05, 0) is 44.9 Å². The quantitative estimate of drug-likeness (QED) is 0.156. The van der Waals surface area contributed by atoms with Crippen LogP contribution in [0, 0.1) is 11.8 Å². The van der Waals surface area contributed by atoms with Crippen LogP contribution in [0.2, 0.25) is 0 Å². The number of aldehydes is 2. The minimum Gasteiger partial charge on any atom is -0.467 e. The van der Waals surface area contributed by atoms with Crippen molar-refractivity contribution in [3.63, 3.8) is 0 Å². The van der Waals surface area contributed by atoms with Crippen LogP contribution in [-0.4, -0.2) is 87.3 Å². The fraction of sp³-hybridized carbons (Fsp3) is 0.714. The van der Waals surface area contributed by atoms with Crippen LogP contribution in [-0.2, 0) is 57.2 Å². The largest absolute Gasteiger partial charge is 0.467 e. The van der Waals surface area contributed by atoms with Gasteiger partial charge in [-0.3, -0.25) is 9.59 Å². The van der Waals surface area contributed by atoms with Crippen LogP contribution in [0.15, 0.2) is 0 Å². The van der Waals surface area contributed by atoms with Gasteiger partial charge in [0.05, 0.1) is 14.2 Å². The van der Waals surface area contributed by atoms with Gasteiger partial charge in [-0.1, -0.05) is 0 Å². The molecule has 0 aliphatic heterocycles. The van der Waals surface area contributed by atoms with Crippen molar-refractivity contribution in [1.82, 2.24) is 0 Å². The summed E-state index contributed by atoms with van der Waals surface area (Å²) < 4.78 is 30.0. The normalized spacial score (nSPS) is 26.9. The number of methoxy groups -OCH3 is 2. The Hall–Kier alpha value is -2.86. The zero-order chi connectivity index (χ0) is 24.8. The molecule has 2 rings (SSSR count). The fourth-order valence-electron chi connectivity index (χ4n) is 3.79. The first-order valence-electron chi connectivity index (χ1n) is 10.3. The lowest BCUT2D eigenvalue weighted by Crippen LogP contribution is -2.47. The molecular weight excluding hydrogens is 444 g/mol. The van der Waals surface area contributed by atoms with Crippen molar-refractivity contribution in [3.8, 4) is 0 Å². The molecule has 12 nitrogen and oxygen atoms in total. The van der Waals surface area contributed by atoms with Crippen molar-refractivity contribution in [3.05, 3.63) is 0 Å². The average molecular weight is 472 g/mol. The fourth-order valence-corrected chi connectivity index (χ4v) is 3.79. The van der Waals surface area contributed by atoms with Gasteiger partial charge in [0.25, 0.3) is 0 Å². The van der Waals surface area contributed by atoms with Gasteiger partial charge in [0, 0.05) is 0 Å². The lowest BCUT2D eigenvalue weighted by atomic mass is 9.94. The Morgan fingerprint density at radius 1 is 0.727 bits per heavy atom. The van der Waals surface area contributed by atoms with Crippen LogP contribution in [0.5, 0.6) is 0 Å². The predicted octanol–water partition coefficient (Wildman–Crippen LogP) is -0.466. The lowest BCUT2D eigenvalue weighted by molar-refractivity contribution is -0.187. The van der Waals surface area contributed by atoms with E-state index < -0.39 is 60.5 Å². The molecule has 2 aliphatic carbocycles. The second kappa shape index (κ2) is 10.8. The Morgan fingerprint density at radius 2 is 1.09 bits per heavy atom. The maximum atomic E-state index is 12.5. The Labute approximate surface area is 190 Å². The first-order chi connectivity index (χ1) is 15.5. The van der Waals surface area contributed by atoms with E-state index in [1.165, 1.54) is 13.8 Å². The van der Waals surface area contributed by atoms with Gasteiger partial charge in [0.15, 0.2) is 12.6 Å². The van der Waals surface area contributed by atoms with Gasteiger partial charge in [-0.2, -0.15) is 0 Å². The molecule has 0 aromatic carbocycles. The highest BCUT2D eigenvalue weighted by Gasteiger charge is 2.52. The Kier molecular flexibility index (Phi) is 8.67.